The number of nitrogens with zero attached hydrogens (tertiary/aromatic N) is 2. The molecule has 1 unspecified atom stereocenters. The van der Waals surface area contributed by atoms with Crippen molar-refractivity contribution in [3.63, 3.8) is 0 Å². The van der Waals surface area contributed by atoms with Crippen LogP contribution in [0.3, 0.4) is 0 Å². The number of aliphatic hydroxyl groups is 2. The van der Waals surface area contributed by atoms with E-state index in [1.165, 1.54) is 24.3 Å². The molecule has 2 aliphatic rings. The van der Waals surface area contributed by atoms with E-state index in [1.807, 2.05) is 13.8 Å². The number of imide groups is 2. The number of benzene rings is 3. The number of hydrogen-bond donors (Lipinski definition) is 2. The highest BCUT2D eigenvalue weighted by Crippen LogP contribution is 2.39. The predicted octanol–water partition coefficient (Wildman–Crippen LogP) is 3.18. The third-order valence-corrected chi connectivity index (χ3v) is 6.84. The molecule has 4 amide bonds. The number of amides is 4. The number of hydrogen-bond acceptors (Lipinski definition) is 6. The summed E-state index contributed by atoms with van der Waals surface area (Å²) in [4.78, 5) is 56.1. The summed E-state index contributed by atoms with van der Waals surface area (Å²) in [5.41, 5.74) is 2.20. The van der Waals surface area contributed by atoms with Crippen LogP contribution in [0.25, 0.3) is 10.8 Å². The smallest absolute Gasteiger partial charge is 0.265 e. The maximum atomic E-state index is 13.5. The number of carbonyl (C=O) groups is 4. The minimum absolute atomic E-state index is 0.00759. The average molecular weight is 487 g/mol. The lowest BCUT2D eigenvalue weighted by Crippen LogP contribution is -2.49. The highest BCUT2D eigenvalue weighted by Gasteiger charge is 2.42. The lowest BCUT2D eigenvalue weighted by molar-refractivity contribution is 0.0443. The first-order chi connectivity index (χ1) is 17.3. The van der Waals surface area contributed by atoms with Gasteiger partial charge in [0.2, 0.25) is 0 Å². The highest BCUT2D eigenvalue weighted by atomic mass is 16.3. The molecule has 2 heterocycles. The molecule has 3 aromatic carbocycles. The summed E-state index contributed by atoms with van der Waals surface area (Å²) in [7, 11) is 0. The molecule has 8 heteroatoms. The van der Waals surface area contributed by atoms with Gasteiger partial charge in [0.1, 0.15) is 0 Å². The van der Waals surface area contributed by atoms with E-state index >= 15 is 0 Å². The van der Waals surface area contributed by atoms with Crippen LogP contribution in [-0.2, 0) is 6.42 Å². The van der Waals surface area contributed by atoms with Gasteiger partial charge in [-0.25, -0.2) is 4.90 Å². The SMILES string of the molecule is CC(C)CC(CO)N1C(=O)c2ccc3c4c(ccc(c24)C1=O)C(=O)N(c1ccc(CCO)cc1)C3=O. The molecule has 0 aliphatic carbocycles. The van der Waals surface area contributed by atoms with Gasteiger partial charge in [-0.2, -0.15) is 0 Å². The molecule has 0 saturated heterocycles. The Morgan fingerprint density at radius 2 is 1.17 bits per heavy atom. The van der Waals surface area contributed by atoms with Crippen LogP contribution in [-0.4, -0.2) is 58.0 Å². The topological polar surface area (TPSA) is 115 Å². The van der Waals surface area contributed by atoms with Crippen molar-refractivity contribution < 1.29 is 29.4 Å². The third kappa shape index (κ3) is 3.53. The first-order valence-corrected chi connectivity index (χ1v) is 12.0. The second-order valence-corrected chi connectivity index (χ2v) is 9.60. The Balaban J connectivity index is 1.63. The van der Waals surface area contributed by atoms with E-state index in [2.05, 4.69) is 0 Å². The first-order valence-electron chi connectivity index (χ1n) is 12.0. The van der Waals surface area contributed by atoms with Crippen molar-refractivity contribution >= 4 is 40.1 Å². The fourth-order valence-corrected chi connectivity index (χ4v) is 5.21. The molecule has 2 aliphatic heterocycles. The van der Waals surface area contributed by atoms with Gasteiger partial charge in [0.15, 0.2) is 0 Å². The monoisotopic (exact) mass is 486 g/mol. The summed E-state index contributed by atoms with van der Waals surface area (Å²) in [5.74, 6) is -2.02. The molecule has 2 N–H and O–H groups in total. The van der Waals surface area contributed by atoms with E-state index in [1.54, 1.807) is 24.3 Å². The van der Waals surface area contributed by atoms with Gasteiger partial charge in [0, 0.05) is 39.6 Å². The molecule has 36 heavy (non-hydrogen) atoms. The van der Waals surface area contributed by atoms with Crippen molar-refractivity contribution in [3.05, 3.63) is 76.3 Å². The molecular weight excluding hydrogens is 460 g/mol. The molecule has 0 spiro atoms. The molecule has 3 aromatic rings. The van der Waals surface area contributed by atoms with E-state index in [0.717, 1.165) is 15.4 Å². The summed E-state index contributed by atoms with van der Waals surface area (Å²) in [6.07, 6.45) is 0.912. The predicted molar refractivity (Wildman–Crippen MR) is 133 cm³/mol. The van der Waals surface area contributed by atoms with E-state index in [9.17, 15) is 24.3 Å². The van der Waals surface area contributed by atoms with Gasteiger partial charge < -0.3 is 10.2 Å². The maximum absolute atomic E-state index is 13.5. The molecule has 0 radical (unpaired) electrons. The zero-order chi connectivity index (χ0) is 25.7. The second-order valence-electron chi connectivity index (χ2n) is 9.60. The van der Waals surface area contributed by atoms with Gasteiger partial charge in [0.05, 0.1) is 18.3 Å². The van der Waals surface area contributed by atoms with Gasteiger partial charge in [-0.3, -0.25) is 24.1 Å². The standard InChI is InChI=1S/C28H26N2O6/c1-15(2)13-18(14-32)30-27(35)21-9-7-19-23-20(8-10-22(24(21)23)28(30)36)26(34)29(25(19)33)17-5-3-16(4-6-17)11-12-31/h3-10,15,18,31-32H,11-14H2,1-2H3. The van der Waals surface area contributed by atoms with Crippen molar-refractivity contribution in [1.82, 2.24) is 4.90 Å². The number of rotatable bonds is 7. The van der Waals surface area contributed by atoms with Crippen LogP contribution in [0.2, 0.25) is 0 Å². The Hall–Kier alpha value is -3.88. The van der Waals surface area contributed by atoms with Gasteiger partial charge in [0.25, 0.3) is 23.6 Å². The molecule has 184 valence electrons. The summed E-state index contributed by atoms with van der Waals surface area (Å²) < 4.78 is 0. The average Bonchev–Trinajstić information content (AvgIpc) is 2.86. The lowest BCUT2D eigenvalue weighted by Gasteiger charge is -2.35. The van der Waals surface area contributed by atoms with Gasteiger partial charge in [-0.05, 0) is 60.7 Å². The Bertz CT molecular complexity index is 1360. The summed E-state index contributed by atoms with van der Waals surface area (Å²) >= 11 is 0. The van der Waals surface area contributed by atoms with Crippen LogP contribution in [0.1, 0.15) is 67.3 Å². The Morgan fingerprint density at radius 3 is 1.58 bits per heavy atom. The van der Waals surface area contributed by atoms with Crippen LogP contribution in [0, 0.1) is 5.92 Å². The van der Waals surface area contributed by atoms with E-state index in [0.29, 0.717) is 29.3 Å². The molecule has 1 atom stereocenters. The van der Waals surface area contributed by atoms with Crippen LogP contribution in [0.15, 0.2) is 48.5 Å². The van der Waals surface area contributed by atoms with Crippen molar-refractivity contribution in [2.75, 3.05) is 18.1 Å². The fraction of sp³-hybridized carbons (Fsp3) is 0.286. The van der Waals surface area contributed by atoms with Crippen LogP contribution >= 0.6 is 0 Å². The number of aliphatic hydroxyl groups excluding tert-OH is 2. The van der Waals surface area contributed by atoms with Crippen LogP contribution < -0.4 is 4.90 Å². The van der Waals surface area contributed by atoms with Crippen molar-refractivity contribution in [1.29, 1.82) is 0 Å². The molecule has 5 rings (SSSR count). The van der Waals surface area contributed by atoms with Crippen molar-refractivity contribution in [2.45, 2.75) is 32.7 Å². The maximum Gasteiger partial charge on any atom is 0.265 e. The Morgan fingerprint density at radius 1 is 0.694 bits per heavy atom. The summed E-state index contributed by atoms with van der Waals surface area (Å²) in [5, 5.41) is 19.7. The molecule has 0 fully saturated rings. The minimum Gasteiger partial charge on any atom is -0.396 e. The normalized spacial score (nSPS) is 15.9. The zero-order valence-electron chi connectivity index (χ0n) is 20.0. The molecule has 0 aromatic heterocycles. The van der Waals surface area contributed by atoms with Gasteiger partial charge in [-0.1, -0.05) is 26.0 Å². The Labute approximate surface area is 207 Å². The number of carbonyl (C=O) groups excluding carboxylic acids is 4. The van der Waals surface area contributed by atoms with Crippen LogP contribution in [0.5, 0.6) is 0 Å². The molecule has 8 nitrogen and oxygen atoms in total. The molecule has 0 bridgehead atoms. The van der Waals surface area contributed by atoms with E-state index in [4.69, 9.17) is 5.11 Å². The quantitative estimate of drug-likeness (QED) is 0.496. The second kappa shape index (κ2) is 8.96. The third-order valence-electron chi connectivity index (χ3n) is 6.84. The summed E-state index contributed by atoms with van der Waals surface area (Å²) in [6, 6.07) is 12.2. The molecular formula is C28H26N2O6. The van der Waals surface area contributed by atoms with E-state index in [-0.39, 0.29) is 41.4 Å². The first kappa shape index (κ1) is 23.8. The van der Waals surface area contributed by atoms with Gasteiger partial charge >= 0.3 is 0 Å². The molecule has 0 saturated carbocycles. The van der Waals surface area contributed by atoms with Crippen LogP contribution in [0.4, 0.5) is 5.69 Å². The highest BCUT2D eigenvalue weighted by molar-refractivity contribution is 6.39. The Kier molecular flexibility index (Phi) is 5.94. The lowest BCUT2D eigenvalue weighted by atomic mass is 9.85. The minimum atomic E-state index is -0.673. The van der Waals surface area contributed by atoms with Crippen molar-refractivity contribution in [2.24, 2.45) is 5.92 Å². The number of anilines is 1. The summed E-state index contributed by atoms with van der Waals surface area (Å²) in [6.45, 7) is 3.54. The zero-order valence-corrected chi connectivity index (χ0v) is 20.0. The van der Waals surface area contributed by atoms with Gasteiger partial charge in [-0.15, -0.1) is 0 Å². The largest absolute Gasteiger partial charge is 0.396 e. The van der Waals surface area contributed by atoms with Crippen molar-refractivity contribution in [3.8, 4) is 0 Å². The fourth-order valence-electron chi connectivity index (χ4n) is 5.21. The van der Waals surface area contributed by atoms with E-state index < -0.39 is 29.7 Å².